The number of carbonyl (C=O) groups excluding carboxylic acids is 1. The monoisotopic (exact) mass is 158 g/mol. The van der Waals surface area contributed by atoms with Crippen LogP contribution < -0.4 is 0 Å². The Labute approximate surface area is 66.0 Å². The van der Waals surface area contributed by atoms with E-state index in [1.54, 1.807) is 0 Å². The van der Waals surface area contributed by atoms with Crippen LogP contribution in [0.2, 0.25) is 0 Å². The van der Waals surface area contributed by atoms with E-state index in [2.05, 4.69) is 11.8 Å². The summed E-state index contributed by atoms with van der Waals surface area (Å²) >= 11 is 1.95. The summed E-state index contributed by atoms with van der Waals surface area (Å²) in [5.41, 5.74) is 0. The number of carbonyl (C=O) groups is 1. The van der Waals surface area contributed by atoms with E-state index in [9.17, 15) is 4.79 Å². The van der Waals surface area contributed by atoms with Gasteiger partial charge in [0.1, 0.15) is 5.78 Å². The largest absolute Gasteiger partial charge is 0.298 e. The highest BCUT2D eigenvalue weighted by Crippen LogP contribution is 2.07. The quantitative estimate of drug-likeness (QED) is 0.581. The molecule has 1 aliphatic rings. The Kier molecular flexibility index (Phi) is 3.22. The molecule has 0 bridgehead atoms. The minimum atomic E-state index is 0.0342. The summed E-state index contributed by atoms with van der Waals surface area (Å²) in [5, 5.41) is 0. The van der Waals surface area contributed by atoms with Gasteiger partial charge in [-0.25, -0.2) is 0 Å². The lowest BCUT2D eigenvalue weighted by molar-refractivity contribution is -0.115. The molecule has 0 aliphatic carbocycles. The highest BCUT2D eigenvalue weighted by atomic mass is 32.2. The SMILES string of the molecule is [CH2]C(=O)CN1CCSCC1. The summed E-state index contributed by atoms with van der Waals surface area (Å²) in [6.07, 6.45) is 0. The van der Waals surface area contributed by atoms with Crippen LogP contribution in [0.15, 0.2) is 0 Å². The van der Waals surface area contributed by atoms with Crippen molar-refractivity contribution in [2.75, 3.05) is 31.1 Å². The van der Waals surface area contributed by atoms with Gasteiger partial charge < -0.3 is 0 Å². The lowest BCUT2D eigenvalue weighted by atomic mass is 10.4. The summed E-state index contributed by atoms with van der Waals surface area (Å²) in [7, 11) is 0. The zero-order valence-electron chi connectivity index (χ0n) is 6.01. The number of ketones is 1. The normalized spacial score (nSPS) is 20.9. The van der Waals surface area contributed by atoms with Crippen molar-refractivity contribution in [2.45, 2.75) is 0 Å². The Hall–Kier alpha value is -0.0200. The predicted octanol–water partition coefficient (Wildman–Crippen LogP) is 0.438. The van der Waals surface area contributed by atoms with Crippen molar-refractivity contribution in [3.8, 4) is 0 Å². The lowest BCUT2D eigenvalue weighted by Gasteiger charge is -2.24. The molecule has 57 valence electrons. The maximum absolute atomic E-state index is 10.6. The van der Waals surface area contributed by atoms with E-state index in [0.717, 1.165) is 24.6 Å². The van der Waals surface area contributed by atoms with Crippen molar-refractivity contribution >= 4 is 17.5 Å². The van der Waals surface area contributed by atoms with Crippen LogP contribution in [0.1, 0.15) is 0 Å². The van der Waals surface area contributed by atoms with Gasteiger partial charge in [0.2, 0.25) is 0 Å². The van der Waals surface area contributed by atoms with Gasteiger partial charge in [-0.05, 0) is 0 Å². The zero-order chi connectivity index (χ0) is 7.40. The molecule has 0 aromatic carbocycles. The van der Waals surface area contributed by atoms with Crippen molar-refractivity contribution in [1.29, 1.82) is 0 Å². The van der Waals surface area contributed by atoms with E-state index in [1.807, 2.05) is 11.8 Å². The van der Waals surface area contributed by atoms with Crippen LogP contribution in [-0.4, -0.2) is 41.8 Å². The number of hydrogen-bond donors (Lipinski definition) is 0. The Bertz CT molecular complexity index is 121. The molecule has 0 saturated carbocycles. The third kappa shape index (κ3) is 2.71. The summed E-state index contributed by atoms with van der Waals surface area (Å²) in [5.74, 6) is 2.35. The van der Waals surface area contributed by atoms with Crippen molar-refractivity contribution in [2.24, 2.45) is 0 Å². The van der Waals surface area contributed by atoms with Crippen LogP contribution in [0.3, 0.4) is 0 Å². The van der Waals surface area contributed by atoms with E-state index in [1.165, 1.54) is 0 Å². The molecule has 3 heteroatoms. The fourth-order valence-electron chi connectivity index (χ4n) is 1.01. The molecule has 1 saturated heterocycles. The van der Waals surface area contributed by atoms with E-state index in [4.69, 9.17) is 0 Å². The molecule has 10 heavy (non-hydrogen) atoms. The van der Waals surface area contributed by atoms with Gasteiger partial charge in [-0.2, -0.15) is 11.8 Å². The van der Waals surface area contributed by atoms with Gasteiger partial charge in [0.15, 0.2) is 0 Å². The second kappa shape index (κ2) is 3.98. The molecule has 0 aromatic heterocycles. The van der Waals surface area contributed by atoms with Gasteiger partial charge in [-0.3, -0.25) is 9.69 Å². The summed E-state index contributed by atoms with van der Waals surface area (Å²) in [6, 6.07) is 0. The highest BCUT2D eigenvalue weighted by molar-refractivity contribution is 7.99. The summed E-state index contributed by atoms with van der Waals surface area (Å²) < 4.78 is 0. The van der Waals surface area contributed by atoms with Gasteiger partial charge in [-0.15, -0.1) is 0 Å². The van der Waals surface area contributed by atoms with Crippen LogP contribution in [0, 0.1) is 6.92 Å². The van der Waals surface area contributed by atoms with Gasteiger partial charge in [0, 0.05) is 31.5 Å². The van der Waals surface area contributed by atoms with E-state index in [0.29, 0.717) is 6.54 Å². The number of hydrogen-bond acceptors (Lipinski definition) is 3. The van der Waals surface area contributed by atoms with Crippen LogP contribution >= 0.6 is 11.8 Å². The van der Waals surface area contributed by atoms with Crippen molar-refractivity contribution in [1.82, 2.24) is 4.90 Å². The lowest BCUT2D eigenvalue weighted by Crippen LogP contribution is -2.35. The van der Waals surface area contributed by atoms with Crippen molar-refractivity contribution < 1.29 is 4.79 Å². The zero-order valence-corrected chi connectivity index (χ0v) is 6.82. The minimum Gasteiger partial charge on any atom is -0.298 e. The molecule has 1 fully saturated rings. The molecule has 1 rings (SSSR count). The van der Waals surface area contributed by atoms with Crippen LogP contribution in [0.4, 0.5) is 0 Å². The molecule has 0 atom stereocenters. The fraction of sp³-hybridized carbons (Fsp3) is 0.714. The van der Waals surface area contributed by atoms with Gasteiger partial charge >= 0.3 is 0 Å². The van der Waals surface area contributed by atoms with Crippen LogP contribution in [0.5, 0.6) is 0 Å². The molecule has 2 nitrogen and oxygen atoms in total. The average molecular weight is 158 g/mol. The maximum Gasteiger partial charge on any atom is 0.147 e. The molecule has 1 aliphatic heterocycles. The van der Waals surface area contributed by atoms with Gasteiger partial charge in [-0.1, -0.05) is 0 Å². The van der Waals surface area contributed by atoms with Crippen LogP contribution in [0.25, 0.3) is 0 Å². The average Bonchev–Trinajstić information content (AvgIpc) is 1.88. The first kappa shape index (κ1) is 8.08. The second-order valence-electron chi connectivity index (χ2n) is 2.43. The number of nitrogens with zero attached hydrogens (tertiary/aromatic N) is 1. The highest BCUT2D eigenvalue weighted by Gasteiger charge is 2.10. The third-order valence-corrected chi connectivity index (χ3v) is 2.45. The molecule has 0 N–H and O–H groups in total. The number of thioether (sulfide) groups is 1. The molecule has 1 heterocycles. The molecular formula is C7H12NOS. The molecule has 0 spiro atoms. The maximum atomic E-state index is 10.6. The second-order valence-corrected chi connectivity index (χ2v) is 3.65. The topological polar surface area (TPSA) is 20.3 Å². The van der Waals surface area contributed by atoms with Crippen molar-refractivity contribution in [3.63, 3.8) is 0 Å². The van der Waals surface area contributed by atoms with Gasteiger partial charge in [0.25, 0.3) is 0 Å². The predicted molar refractivity (Wildman–Crippen MR) is 44.1 cm³/mol. The van der Waals surface area contributed by atoms with Crippen molar-refractivity contribution in [3.05, 3.63) is 6.92 Å². The fourth-order valence-corrected chi connectivity index (χ4v) is 1.99. The number of Topliss-reactive ketones (excluding diaryl/α,β-unsaturated/α-hetero) is 1. The standard InChI is InChI=1S/C7H12NOS/c1-7(9)6-8-2-4-10-5-3-8/h1-6H2. The van der Waals surface area contributed by atoms with E-state index in [-0.39, 0.29) is 5.78 Å². The Balaban J connectivity index is 2.19. The smallest absolute Gasteiger partial charge is 0.147 e. The first-order valence-electron chi connectivity index (χ1n) is 3.44. The van der Waals surface area contributed by atoms with E-state index < -0.39 is 0 Å². The molecule has 0 unspecified atom stereocenters. The summed E-state index contributed by atoms with van der Waals surface area (Å²) in [4.78, 5) is 12.7. The molecular weight excluding hydrogens is 146 g/mol. The first-order chi connectivity index (χ1) is 4.79. The number of rotatable bonds is 2. The van der Waals surface area contributed by atoms with E-state index >= 15 is 0 Å². The third-order valence-electron chi connectivity index (χ3n) is 1.50. The molecule has 1 radical (unpaired) electrons. The Morgan fingerprint density at radius 3 is 2.60 bits per heavy atom. The first-order valence-corrected chi connectivity index (χ1v) is 4.59. The Morgan fingerprint density at radius 2 is 2.10 bits per heavy atom. The Morgan fingerprint density at radius 1 is 1.50 bits per heavy atom. The van der Waals surface area contributed by atoms with Gasteiger partial charge in [0.05, 0.1) is 6.54 Å². The molecule has 0 amide bonds. The minimum absolute atomic E-state index is 0.0342. The molecule has 0 aromatic rings. The van der Waals surface area contributed by atoms with Crippen LogP contribution in [-0.2, 0) is 4.79 Å². The summed E-state index contributed by atoms with van der Waals surface area (Å²) in [6.45, 7) is 5.98.